The third kappa shape index (κ3) is 8.65. The molecule has 1 aromatic heterocycles. The molecule has 5 aliphatic rings. The van der Waals surface area contributed by atoms with Gasteiger partial charge in [0.15, 0.2) is 0 Å². The van der Waals surface area contributed by atoms with E-state index in [4.69, 9.17) is 23.9 Å². The van der Waals surface area contributed by atoms with Crippen molar-refractivity contribution in [2.75, 3.05) is 26.9 Å². The molecule has 1 aromatic carbocycles. The number of pyridine rings is 1. The average molecular weight is 810 g/mol. The van der Waals surface area contributed by atoms with Gasteiger partial charge in [-0.15, -0.1) is 6.58 Å². The summed E-state index contributed by atoms with van der Waals surface area (Å²) in [5.41, 5.74) is -0.407. The number of hydrogen-bond donors (Lipinski definition) is 3. The molecule has 57 heavy (non-hydrogen) atoms. The summed E-state index contributed by atoms with van der Waals surface area (Å²) in [6.45, 7) is 10.2. The maximum Gasteiger partial charge on any atom is 0.407 e. The van der Waals surface area contributed by atoms with Gasteiger partial charge in [-0.1, -0.05) is 32.8 Å². The summed E-state index contributed by atoms with van der Waals surface area (Å²) < 4.78 is 51.9. The molecule has 16 heteroatoms. The SMILES string of the molecule is C=C[C@@H]1C[C@]1(NC(=O)[C@@H]1C[C@@H]2CN1C(=O)[C@H](C1CCCC1)NC(=O)OCC(C)(C)CCCc1cc3c(cc(OCC)nc3cc1OC)O2)C(=O)NS(=O)(=O)C1CC1. The second-order valence-corrected chi connectivity index (χ2v) is 19.0. The predicted octanol–water partition coefficient (Wildman–Crippen LogP) is 4.31. The van der Waals surface area contributed by atoms with Gasteiger partial charge in [0, 0.05) is 29.9 Å². The number of aryl methyl sites for hydroxylation is 1. The van der Waals surface area contributed by atoms with Gasteiger partial charge in [-0.2, -0.15) is 0 Å². The summed E-state index contributed by atoms with van der Waals surface area (Å²) >= 11 is 0. The lowest BCUT2D eigenvalue weighted by molar-refractivity contribution is -0.142. The molecule has 15 nitrogen and oxygen atoms in total. The quantitative estimate of drug-likeness (QED) is 0.290. The van der Waals surface area contributed by atoms with Crippen LogP contribution >= 0.6 is 0 Å². The zero-order valence-electron chi connectivity index (χ0n) is 33.3. The van der Waals surface area contributed by atoms with E-state index in [2.05, 4.69) is 21.9 Å². The Hall–Kier alpha value is -4.60. The predicted molar refractivity (Wildman–Crippen MR) is 210 cm³/mol. The molecule has 3 N–H and O–H groups in total. The van der Waals surface area contributed by atoms with E-state index in [1.807, 2.05) is 32.9 Å². The van der Waals surface area contributed by atoms with Crippen molar-refractivity contribution in [3.8, 4) is 17.4 Å². The highest BCUT2D eigenvalue weighted by molar-refractivity contribution is 7.91. The van der Waals surface area contributed by atoms with Crippen LogP contribution in [0.15, 0.2) is 30.9 Å². The number of nitrogens with zero attached hydrogens (tertiary/aromatic N) is 2. The Kier molecular flexibility index (Phi) is 11.4. The molecule has 2 aliphatic heterocycles. The van der Waals surface area contributed by atoms with E-state index >= 15 is 0 Å². The van der Waals surface area contributed by atoms with E-state index in [9.17, 15) is 27.6 Å². The van der Waals surface area contributed by atoms with Crippen molar-refractivity contribution < 1.29 is 46.5 Å². The fourth-order valence-corrected chi connectivity index (χ4v) is 10.00. The molecular formula is C41H55N5O10S. The van der Waals surface area contributed by atoms with Crippen LogP contribution in [0.25, 0.3) is 10.9 Å². The Bertz CT molecular complexity index is 2030. The summed E-state index contributed by atoms with van der Waals surface area (Å²) in [7, 11) is -2.30. The molecule has 0 spiro atoms. The molecule has 310 valence electrons. The number of benzene rings is 1. The normalized spacial score (nSPS) is 28.0. The third-order valence-corrected chi connectivity index (χ3v) is 14.0. The molecule has 5 atom stereocenters. The van der Waals surface area contributed by atoms with Crippen LogP contribution in [0.3, 0.4) is 0 Å². The van der Waals surface area contributed by atoms with Crippen LogP contribution in [-0.2, 0) is 35.6 Å². The van der Waals surface area contributed by atoms with Gasteiger partial charge in [0.2, 0.25) is 27.7 Å². The van der Waals surface area contributed by atoms with Crippen molar-refractivity contribution in [2.24, 2.45) is 17.3 Å². The molecule has 0 unspecified atom stereocenters. The van der Waals surface area contributed by atoms with Crippen molar-refractivity contribution in [3.05, 3.63) is 36.4 Å². The molecule has 3 aliphatic carbocycles. The molecule has 3 heterocycles. The molecule has 4 amide bonds. The minimum Gasteiger partial charge on any atom is -0.496 e. The smallest absolute Gasteiger partial charge is 0.407 e. The zero-order valence-corrected chi connectivity index (χ0v) is 34.1. The molecule has 4 fully saturated rings. The van der Waals surface area contributed by atoms with Gasteiger partial charge in [-0.3, -0.25) is 19.1 Å². The topological polar surface area (TPSA) is 192 Å². The molecule has 1 saturated heterocycles. The van der Waals surface area contributed by atoms with Crippen LogP contribution in [-0.4, -0.2) is 98.0 Å². The number of methoxy groups -OCH3 is 1. The number of fused-ring (bicyclic) bond motifs is 3. The third-order valence-electron chi connectivity index (χ3n) is 12.1. The number of ether oxygens (including phenoxy) is 4. The summed E-state index contributed by atoms with van der Waals surface area (Å²) in [5.74, 6) is -1.19. The number of rotatable bonds is 10. The number of amides is 4. The van der Waals surface area contributed by atoms with Gasteiger partial charge >= 0.3 is 6.09 Å². The van der Waals surface area contributed by atoms with Crippen LogP contribution in [0.1, 0.15) is 90.5 Å². The summed E-state index contributed by atoms with van der Waals surface area (Å²) in [5, 5.41) is 5.79. The number of hydrogen-bond acceptors (Lipinski definition) is 11. The monoisotopic (exact) mass is 809 g/mol. The fourth-order valence-electron chi connectivity index (χ4n) is 8.63. The number of cyclic esters (lactones) is 1. The van der Waals surface area contributed by atoms with E-state index in [1.165, 1.54) is 11.0 Å². The fraction of sp³-hybridized carbons (Fsp3) is 0.634. The Morgan fingerprint density at radius 3 is 2.54 bits per heavy atom. The highest BCUT2D eigenvalue weighted by Crippen LogP contribution is 2.46. The van der Waals surface area contributed by atoms with E-state index in [-0.39, 0.29) is 37.3 Å². The first-order valence-electron chi connectivity index (χ1n) is 20.2. The highest BCUT2D eigenvalue weighted by atomic mass is 32.2. The van der Waals surface area contributed by atoms with Gasteiger partial charge in [0.25, 0.3) is 5.91 Å². The Morgan fingerprint density at radius 1 is 1.12 bits per heavy atom. The van der Waals surface area contributed by atoms with Crippen LogP contribution in [0, 0.1) is 17.3 Å². The highest BCUT2D eigenvalue weighted by Gasteiger charge is 2.62. The largest absolute Gasteiger partial charge is 0.496 e. The molecular weight excluding hydrogens is 755 g/mol. The zero-order chi connectivity index (χ0) is 40.7. The molecule has 0 radical (unpaired) electrons. The van der Waals surface area contributed by atoms with Crippen molar-refractivity contribution in [2.45, 2.75) is 120 Å². The number of alkyl carbamates (subject to hydrolysis) is 1. The number of carbonyl (C=O) groups excluding carboxylic acids is 4. The maximum absolute atomic E-state index is 14.8. The lowest BCUT2D eigenvalue weighted by Crippen LogP contribution is -2.59. The molecule has 7 rings (SSSR count). The van der Waals surface area contributed by atoms with E-state index < -0.39 is 68.7 Å². The lowest BCUT2D eigenvalue weighted by Gasteiger charge is -2.32. The van der Waals surface area contributed by atoms with Gasteiger partial charge in [-0.25, -0.2) is 18.2 Å². The lowest BCUT2D eigenvalue weighted by atomic mass is 9.87. The van der Waals surface area contributed by atoms with E-state index in [0.29, 0.717) is 67.0 Å². The summed E-state index contributed by atoms with van der Waals surface area (Å²) in [4.78, 5) is 62.5. The first-order valence-corrected chi connectivity index (χ1v) is 21.8. The first-order chi connectivity index (χ1) is 27.2. The second-order valence-electron chi connectivity index (χ2n) is 17.0. The van der Waals surface area contributed by atoms with Crippen LogP contribution in [0.4, 0.5) is 4.79 Å². The Morgan fingerprint density at radius 2 is 1.88 bits per heavy atom. The van der Waals surface area contributed by atoms with Crippen LogP contribution in [0.2, 0.25) is 0 Å². The van der Waals surface area contributed by atoms with Gasteiger partial charge in [-0.05, 0) is 81.3 Å². The number of carbonyl (C=O) groups is 4. The Labute approximate surface area is 334 Å². The standard InChI is InChI=1S/C41H55N5O10S/c1-6-26-21-41(26,38(49)45-57(51,52)28-14-15-28)44-36(47)31-18-27-22-46(31)37(48)35(24-11-8-9-12-24)43-39(50)55-23-40(3,4)16-10-13-25-17-29-30(19-32(25)53-5)42-34(54-7-2)20-33(29)56-27/h6,17,19-20,24,26-28,31,35H,1,7-16,18,21-23H2,2-5H3,(H,43,50)(H,44,47)(H,45,49)/t26-,27-,31+,35+,41-/m1/s1. The molecule has 4 bridgehead atoms. The van der Waals surface area contributed by atoms with Crippen molar-refractivity contribution in [3.63, 3.8) is 0 Å². The van der Waals surface area contributed by atoms with E-state index in [1.54, 1.807) is 13.2 Å². The van der Waals surface area contributed by atoms with E-state index in [0.717, 1.165) is 31.2 Å². The van der Waals surface area contributed by atoms with Gasteiger partial charge in [0.05, 0.1) is 37.6 Å². The van der Waals surface area contributed by atoms with Crippen molar-refractivity contribution in [1.29, 1.82) is 0 Å². The van der Waals surface area contributed by atoms with Gasteiger partial charge in [0.1, 0.15) is 35.2 Å². The second kappa shape index (κ2) is 16.0. The Balaban J connectivity index is 1.26. The molecule has 3 saturated carbocycles. The van der Waals surface area contributed by atoms with Gasteiger partial charge < -0.3 is 34.5 Å². The first kappa shape index (κ1) is 40.6. The van der Waals surface area contributed by atoms with Crippen LogP contribution in [0.5, 0.6) is 17.4 Å². The summed E-state index contributed by atoms with van der Waals surface area (Å²) in [6.07, 6.45) is 6.60. The molecule has 2 aromatic rings. The minimum atomic E-state index is -3.91. The summed E-state index contributed by atoms with van der Waals surface area (Å²) in [6, 6.07) is 3.45. The number of aromatic nitrogens is 1. The number of sulfonamides is 1. The van der Waals surface area contributed by atoms with Crippen molar-refractivity contribution in [1.82, 2.24) is 25.2 Å². The van der Waals surface area contributed by atoms with Crippen LogP contribution < -0.4 is 29.6 Å². The maximum atomic E-state index is 14.8. The average Bonchev–Trinajstić information content (AvgIpc) is 4.04. The minimum absolute atomic E-state index is 0.0131. The number of nitrogens with one attached hydrogen (secondary N) is 3. The van der Waals surface area contributed by atoms with Crippen molar-refractivity contribution >= 4 is 44.7 Å².